The van der Waals surface area contributed by atoms with Crippen LogP contribution in [-0.2, 0) is 14.9 Å². The van der Waals surface area contributed by atoms with Gasteiger partial charge in [0.2, 0.25) is 0 Å². The monoisotopic (exact) mass is 271 g/mol. The van der Waals surface area contributed by atoms with Crippen molar-refractivity contribution in [1.82, 2.24) is 0 Å². The zero-order valence-corrected chi connectivity index (χ0v) is 11.2. The maximum absolute atomic E-state index is 13.9. The van der Waals surface area contributed by atoms with E-state index in [0.29, 0.717) is 19.4 Å². The fourth-order valence-corrected chi connectivity index (χ4v) is 2.02. The third-order valence-electron chi connectivity index (χ3n) is 3.15. The van der Waals surface area contributed by atoms with Gasteiger partial charge in [0.15, 0.2) is 11.6 Å². The van der Waals surface area contributed by atoms with Crippen LogP contribution in [0.4, 0.5) is 8.78 Å². The minimum absolute atomic E-state index is 0.0133. The molecule has 0 aromatic heterocycles. The molecule has 0 aliphatic rings. The molecule has 0 spiro atoms. The van der Waals surface area contributed by atoms with Gasteiger partial charge in [0.05, 0.1) is 12.0 Å². The average molecular weight is 271 g/mol. The summed E-state index contributed by atoms with van der Waals surface area (Å²) in [6.07, 6.45) is 0.827. The van der Waals surface area contributed by atoms with E-state index in [-0.39, 0.29) is 12.2 Å². The molecule has 0 radical (unpaired) electrons. The van der Waals surface area contributed by atoms with Gasteiger partial charge in [-0.25, -0.2) is 8.78 Å². The predicted octanol–water partition coefficient (Wildman–Crippen LogP) is 2.52. The van der Waals surface area contributed by atoms with Gasteiger partial charge >= 0.3 is 5.97 Å². The van der Waals surface area contributed by atoms with Crippen LogP contribution in [0.2, 0.25) is 0 Å². The molecule has 2 N–H and O–H groups in total. The van der Waals surface area contributed by atoms with Crippen molar-refractivity contribution in [3.05, 3.63) is 35.4 Å². The highest BCUT2D eigenvalue weighted by Crippen LogP contribution is 2.33. The Kier molecular flexibility index (Phi) is 5.42. The maximum atomic E-state index is 13.9. The molecule has 0 saturated heterocycles. The molecule has 1 rings (SSSR count). The van der Waals surface area contributed by atoms with Crippen molar-refractivity contribution in [2.24, 2.45) is 5.73 Å². The largest absolute Gasteiger partial charge is 0.465 e. The molecule has 19 heavy (non-hydrogen) atoms. The van der Waals surface area contributed by atoms with Gasteiger partial charge in [0.1, 0.15) is 0 Å². The van der Waals surface area contributed by atoms with E-state index in [0.717, 1.165) is 6.07 Å². The number of halogens is 2. The molecule has 1 atom stereocenters. The van der Waals surface area contributed by atoms with Crippen LogP contribution in [0.25, 0.3) is 0 Å². The summed E-state index contributed by atoms with van der Waals surface area (Å²) >= 11 is 0. The molecule has 3 nitrogen and oxygen atoms in total. The fraction of sp³-hybridized carbons (Fsp3) is 0.500. The molecule has 0 bridgehead atoms. The molecular formula is C14H19F2NO2. The van der Waals surface area contributed by atoms with E-state index in [4.69, 9.17) is 10.5 Å². The van der Waals surface area contributed by atoms with Gasteiger partial charge in [0.25, 0.3) is 0 Å². The molecule has 106 valence electrons. The van der Waals surface area contributed by atoms with E-state index in [1.165, 1.54) is 12.1 Å². The third-order valence-corrected chi connectivity index (χ3v) is 3.15. The van der Waals surface area contributed by atoms with Gasteiger partial charge in [-0.05, 0) is 39.3 Å². The quantitative estimate of drug-likeness (QED) is 0.809. The fourth-order valence-electron chi connectivity index (χ4n) is 2.02. The van der Waals surface area contributed by atoms with Gasteiger partial charge in [-0.15, -0.1) is 0 Å². The summed E-state index contributed by atoms with van der Waals surface area (Å²) in [4.78, 5) is 12.1. The number of carbonyl (C=O) groups is 1. The molecular weight excluding hydrogens is 252 g/mol. The molecule has 0 fully saturated rings. The van der Waals surface area contributed by atoms with E-state index in [2.05, 4.69) is 0 Å². The van der Waals surface area contributed by atoms with Crippen LogP contribution in [0, 0.1) is 11.6 Å². The van der Waals surface area contributed by atoms with E-state index < -0.39 is 23.0 Å². The highest BCUT2D eigenvalue weighted by molar-refractivity contribution is 5.82. The average Bonchev–Trinajstić information content (AvgIpc) is 2.39. The lowest BCUT2D eigenvalue weighted by atomic mass is 9.78. The van der Waals surface area contributed by atoms with Crippen molar-refractivity contribution in [2.45, 2.75) is 32.1 Å². The lowest BCUT2D eigenvalue weighted by molar-refractivity contribution is -0.150. The Morgan fingerprint density at radius 2 is 2.11 bits per heavy atom. The topological polar surface area (TPSA) is 52.3 Å². The van der Waals surface area contributed by atoms with Gasteiger partial charge in [-0.2, -0.15) is 0 Å². The molecule has 0 aliphatic carbocycles. The summed E-state index contributed by atoms with van der Waals surface area (Å²) < 4.78 is 32.2. The Bertz CT molecular complexity index is 451. The Balaban J connectivity index is 3.22. The summed E-state index contributed by atoms with van der Waals surface area (Å²) in [6, 6.07) is 3.81. The number of benzene rings is 1. The van der Waals surface area contributed by atoms with E-state index >= 15 is 0 Å². The highest BCUT2D eigenvalue weighted by Gasteiger charge is 2.39. The van der Waals surface area contributed by atoms with Crippen LogP contribution in [0.3, 0.4) is 0 Å². The van der Waals surface area contributed by atoms with Crippen LogP contribution in [0.15, 0.2) is 18.2 Å². The SMILES string of the molecule is CCOC(=O)C(C)(CCCN)c1cccc(F)c1F. The van der Waals surface area contributed by atoms with Crippen molar-refractivity contribution in [3.63, 3.8) is 0 Å². The summed E-state index contributed by atoms with van der Waals surface area (Å²) in [5, 5.41) is 0. The molecule has 0 aliphatic heterocycles. The first-order valence-corrected chi connectivity index (χ1v) is 6.29. The minimum atomic E-state index is -1.22. The second kappa shape index (κ2) is 6.61. The van der Waals surface area contributed by atoms with Crippen molar-refractivity contribution in [3.8, 4) is 0 Å². The van der Waals surface area contributed by atoms with E-state index in [1.54, 1.807) is 13.8 Å². The van der Waals surface area contributed by atoms with Crippen LogP contribution in [0.1, 0.15) is 32.3 Å². The van der Waals surface area contributed by atoms with Gasteiger partial charge < -0.3 is 10.5 Å². The number of ether oxygens (including phenoxy) is 1. The molecule has 0 amide bonds. The predicted molar refractivity (Wildman–Crippen MR) is 68.6 cm³/mol. The van der Waals surface area contributed by atoms with Crippen molar-refractivity contribution >= 4 is 5.97 Å². The van der Waals surface area contributed by atoms with E-state index in [1.807, 2.05) is 0 Å². The number of nitrogens with two attached hydrogens (primary N) is 1. The zero-order chi connectivity index (χ0) is 14.5. The van der Waals surface area contributed by atoms with Crippen LogP contribution in [0.5, 0.6) is 0 Å². The Morgan fingerprint density at radius 3 is 2.68 bits per heavy atom. The first-order valence-electron chi connectivity index (χ1n) is 6.29. The number of hydrogen-bond donors (Lipinski definition) is 1. The molecule has 1 aromatic rings. The lowest BCUT2D eigenvalue weighted by Crippen LogP contribution is -2.36. The number of hydrogen-bond acceptors (Lipinski definition) is 3. The Morgan fingerprint density at radius 1 is 1.42 bits per heavy atom. The van der Waals surface area contributed by atoms with Gasteiger partial charge in [-0.1, -0.05) is 12.1 Å². The summed E-state index contributed by atoms with van der Waals surface area (Å²) in [6.45, 7) is 3.78. The van der Waals surface area contributed by atoms with Gasteiger partial charge in [-0.3, -0.25) is 4.79 Å². The van der Waals surface area contributed by atoms with Crippen LogP contribution >= 0.6 is 0 Å². The Hall–Kier alpha value is -1.49. The smallest absolute Gasteiger partial charge is 0.316 e. The number of carbonyl (C=O) groups excluding carboxylic acids is 1. The second-order valence-corrected chi connectivity index (χ2v) is 4.55. The van der Waals surface area contributed by atoms with Gasteiger partial charge in [0, 0.05) is 5.56 Å². The highest BCUT2D eigenvalue weighted by atomic mass is 19.2. The first-order chi connectivity index (χ1) is 8.97. The standard InChI is InChI=1S/C14H19F2NO2/c1-3-19-13(18)14(2,8-5-9-17)10-6-4-7-11(15)12(10)16/h4,6-7H,3,5,8-9,17H2,1-2H3. The van der Waals surface area contributed by atoms with Crippen molar-refractivity contribution in [2.75, 3.05) is 13.2 Å². The third kappa shape index (κ3) is 3.29. The zero-order valence-electron chi connectivity index (χ0n) is 11.2. The molecule has 0 heterocycles. The summed E-state index contributed by atoms with van der Waals surface area (Å²) in [5.74, 6) is -2.54. The molecule has 0 saturated carbocycles. The van der Waals surface area contributed by atoms with Crippen LogP contribution < -0.4 is 5.73 Å². The molecule has 5 heteroatoms. The minimum Gasteiger partial charge on any atom is -0.465 e. The second-order valence-electron chi connectivity index (χ2n) is 4.55. The number of rotatable bonds is 6. The summed E-state index contributed by atoms with van der Waals surface area (Å²) in [7, 11) is 0. The Labute approximate surface area is 111 Å². The van der Waals surface area contributed by atoms with Crippen LogP contribution in [-0.4, -0.2) is 19.1 Å². The normalized spacial score (nSPS) is 13.9. The lowest BCUT2D eigenvalue weighted by Gasteiger charge is -2.28. The van der Waals surface area contributed by atoms with E-state index in [9.17, 15) is 13.6 Å². The van der Waals surface area contributed by atoms with Crippen molar-refractivity contribution in [1.29, 1.82) is 0 Å². The first kappa shape index (κ1) is 15.6. The maximum Gasteiger partial charge on any atom is 0.316 e. The molecule has 1 aromatic carbocycles. The summed E-state index contributed by atoms with van der Waals surface area (Å²) in [5.41, 5.74) is 4.23. The molecule has 1 unspecified atom stereocenters. The van der Waals surface area contributed by atoms with Crippen molar-refractivity contribution < 1.29 is 18.3 Å². The number of esters is 1.